The number of ketones is 1. The molecule has 0 saturated heterocycles. The fourth-order valence-electron chi connectivity index (χ4n) is 4.55. The second-order valence-corrected chi connectivity index (χ2v) is 9.54. The number of methoxy groups -OCH3 is 1. The Hall–Kier alpha value is -4.75. The normalized spacial score (nSPS) is 10.9. The largest absolute Gasteiger partial charge is 0.497 e. The molecule has 0 aliphatic carbocycles. The predicted octanol–water partition coefficient (Wildman–Crippen LogP) is 6.82. The molecule has 0 N–H and O–H groups in total. The summed E-state index contributed by atoms with van der Waals surface area (Å²) in [6, 6.07) is 23.3. The topological polar surface area (TPSA) is 74.6 Å². The van der Waals surface area contributed by atoms with Crippen LogP contribution in [-0.2, 0) is 11.2 Å². The average molecular weight is 556 g/mol. The van der Waals surface area contributed by atoms with Crippen molar-refractivity contribution in [2.75, 3.05) is 7.11 Å². The van der Waals surface area contributed by atoms with Crippen molar-refractivity contribution in [3.05, 3.63) is 130 Å². The van der Waals surface area contributed by atoms with Crippen LogP contribution in [-0.4, -0.2) is 29.3 Å². The van der Waals surface area contributed by atoms with E-state index in [1.165, 1.54) is 36.4 Å². The third-order valence-corrected chi connectivity index (χ3v) is 6.86. The fraction of sp³-hybridized carbons (Fsp3) is 0.0938. The van der Waals surface area contributed by atoms with Crippen molar-refractivity contribution in [3.8, 4) is 11.5 Å². The first-order valence-corrected chi connectivity index (χ1v) is 12.7. The Kier molecular flexibility index (Phi) is 7.49. The lowest BCUT2D eigenvalue weighted by Gasteiger charge is -2.08. The number of halogens is 2. The van der Waals surface area contributed by atoms with Gasteiger partial charge in [-0.15, -0.1) is 0 Å². The maximum Gasteiger partial charge on any atom is 0.315 e. The summed E-state index contributed by atoms with van der Waals surface area (Å²) in [5, 5.41) is 1.21. The zero-order chi connectivity index (χ0) is 28.4. The zero-order valence-corrected chi connectivity index (χ0v) is 22.4. The zero-order valence-electron chi connectivity index (χ0n) is 21.6. The van der Waals surface area contributed by atoms with E-state index in [2.05, 4.69) is 0 Å². The second kappa shape index (κ2) is 11.2. The first-order chi connectivity index (χ1) is 19.2. The highest BCUT2D eigenvalue weighted by molar-refractivity contribution is 6.30. The second-order valence-electron chi connectivity index (χ2n) is 9.11. The molecule has 4 aromatic carbocycles. The Labute approximate surface area is 234 Å². The minimum Gasteiger partial charge on any atom is -0.497 e. The molecule has 1 aromatic heterocycles. The Balaban J connectivity index is 1.40. The third-order valence-electron chi connectivity index (χ3n) is 6.61. The molecule has 5 aromatic rings. The number of hydrogen-bond donors (Lipinski definition) is 0. The van der Waals surface area contributed by atoms with E-state index in [0.717, 1.165) is 0 Å². The van der Waals surface area contributed by atoms with Crippen LogP contribution in [0.25, 0.3) is 10.9 Å². The van der Waals surface area contributed by atoms with Crippen LogP contribution in [0.15, 0.2) is 91.0 Å². The molecule has 40 heavy (non-hydrogen) atoms. The Morgan fingerprint density at radius 2 is 1.38 bits per heavy atom. The van der Waals surface area contributed by atoms with E-state index < -0.39 is 11.8 Å². The van der Waals surface area contributed by atoms with Crippen LogP contribution in [0.1, 0.15) is 37.5 Å². The molecule has 8 heteroatoms. The number of ether oxygens (including phenoxy) is 2. The van der Waals surface area contributed by atoms with Crippen molar-refractivity contribution in [3.63, 3.8) is 0 Å². The molecule has 0 radical (unpaired) electrons. The van der Waals surface area contributed by atoms with E-state index in [4.69, 9.17) is 21.1 Å². The van der Waals surface area contributed by atoms with Crippen molar-refractivity contribution in [2.45, 2.75) is 13.3 Å². The molecular formula is C32H23ClFNO5. The Bertz CT molecular complexity index is 1740. The minimum atomic E-state index is -0.540. The van der Waals surface area contributed by atoms with E-state index >= 15 is 0 Å². The van der Waals surface area contributed by atoms with Gasteiger partial charge < -0.3 is 9.47 Å². The summed E-state index contributed by atoms with van der Waals surface area (Å²) < 4.78 is 25.7. The monoisotopic (exact) mass is 555 g/mol. The highest BCUT2D eigenvalue weighted by Crippen LogP contribution is 2.31. The van der Waals surface area contributed by atoms with Gasteiger partial charge in [-0.2, -0.15) is 0 Å². The number of rotatable bonds is 7. The van der Waals surface area contributed by atoms with Crippen molar-refractivity contribution < 1.29 is 28.2 Å². The average Bonchev–Trinajstić information content (AvgIpc) is 3.23. The minimum absolute atomic E-state index is 0.105. The van der Waals surface area contributed by atoms with Gasteiger partial charge in [0.15, 0.2) is 5.78 Å². The van der Waals surface area contributed by atoms with Gasteiger partial charge in [-0.05, 0) is 103 Å². The lowest BCUT2D eigenvalue weighted by atomic mass is 10.0. The third kappa shape index (κ3) is 5.37. The molecule has 0 atom stereocenters. The van der Waals surface area contributed by atoms with Crippen molar-refractivity contribution >= 4 is 40.2 Å². The van der Waals surface area contributed by atoms with Crippen molar-refractivity contribution in [1.82, 2.24) is 4.57 Å². The summed E-state index contributed by atoms with van der Waals surface area (Å²) in [5.41, 5.74) is 3.03. The van der Waals surface area contributed by atoms with Gasteiger partial charge >= 0.3 is 5.97 Å². The quantitative estimate of drug-likeness (QED) is 0.125. The Morgan fingerprint density at radius 3 is 2.00 bits per heavy atom. The lowest BCUT2D eigenvalue weighted by molar-refractivity contribution is -0.133. The number of hydrogen-bond acceptors (Lipinski definition) is 5. The summed E-state index contributed by atoms with van der Waals surface area (Å²) >= 11 is 5.99. The standard InChI is InChI=1S/C32H23ClFNO5/c1-19-27(18-30(36)40-25-13-7-21(8-14-25)31(37)20-5-11-24(34)12-6-20)28-17-26(39-2)15-16-29(28)35(19)32(38)22-3-9-23(33)10-4-22/h3-17H,18H2,1-2H3. The van der Waals surface area contributed by atoms with Gasteiger partial charge in [-0.3, -0.25) is 19.0 Å². The molecule has 1 heterocycles. The van der Waals surface area contributed by atoms with Crippen LogP contribution in [0.2, 0.25) is 5.02 Å². The smallest absolute Gasteiger partial charge is 0.315 e. The summed E-state index contributed by atoms with van der Waals surface area (Å²) in [6.07, 6.45) is -0.105. The maximum atomic E-state index is 13.5. The van der Waals surface area contributed by atoms with Gasteiger partial charge in [0.05, 0.1) is 19.0 Å². The highest BCUT2D eigenvalue weighted by Gasteiger charge is 2.23. The molecule has 0 aliphatic rings. The fourth-order valence-corrected chi connectivity index (χ4v) is 4.68. The van der Waals surface area contributed by atoms with E-state index in [0.29, 0.717) is 49.6 Å². The predicted molar refractivity (Wildman–Crippen MR) is 150 cm³/mol. The highest BCUT2D eigenvalue weighted by atomic mass is 35.5. The van der Waals surface area contributed by atoms with Crippen molar-refractivity contribution in [1.29, 1.82) is 0 Å². The van der Waals surface area contributed by atoms with E-state index in [-0.39, 0.29) is 23.9 Å². The number of carbonyl (C=O) groups excluding carboxylic acids is 3. The first-order valence-electron chi connectivity index (χ1n) is 12.3. The summed E-state index contributed by atoms with van der Waals surface area (Å²) in [5.74, 6) is -0.658. The van der Waals surface area contributed by atoms with Gasteiger partial charge in [0, 0.05) is 32.8 Å². The molecule has 0 aliphatic heterocycles. The molecule has 0 saturated carbocycles. The first kappa shape index (κ1) is 26.8. The number of carbonyl (C=O) groups is 3. The van der Waals surface area contributed by atoms with Crippen LogP contribution in [0.3, 0.4) is 0 Å². The van der Waals surface area contributed by atoms with E-state index in [1.54, 1.807) is 73.2 Å². The molecule has 0 fully saturated rings. The number of benzene rings is 4. The van der Waals surface area contributed by atoms with Gasteiger partial charge in [0.25, 0.3) is 5.91 Å². The van der Waals surface area contributed by atoms with Crippen LogP contribution >= 0.6 is 11.6 Å². The number of esters is 1. The molecule has 200 valence electrons. The van der Waals surface area contributed by atoms with Gasteiger partial charge in [-0.25, -0.2) is 4.39 Å². The van der Waals surface area contributed by atoms with Crippen LogP contribution < -0.4 is 9.47 Å². The molecule has 0 unspecified atom stereocenters. The molecule has 5 rings (SSSR count). The van der Waals surface area contributed by atoms with Crippen LogP contribution in [0, 0.1) is 12.7 Å². The Morgan fingerprint density at radius 1 is 0.800 bits per heavy atom. The summed E-state index contributed by atoms with van der Waals surface area (Å²) in [6.45, 7) is 1.78. The van der Waals surface area contributed by atoms with Crippen LogP contribution in [0.4, 0.5) is 4.39 Å². The van der Waals surface area contributed by atoms with Gasteiger partial charge in [-0.1, -0.05) is 11.6 Å². The molecule has 0 spiro atoms. The summed E-state index contributed by atoms with van der Waals surface area (Å²) in [4.78, 5) is 39.1. The molecule has 6 nitrogen and oxygen atoms in total. The molecule has 0 amide bonds. The van der Waals surface area contributed by atoms with Crippen molar-refractivity contribution in [2.24, 2.45) is 0 Å². The number of fused-ring (bicyclic) bond motifs is 1. The number of nitrogens with zero attached hydrogens (tertiary/aromatic N) is 1. The van der Waals surface area contributed by atoms with Crippen LogP contribution in [0.5, 0.6) is 11.5 Å². The van der Waals surface area contributed by atoms with Gasteiger partial charge in [0.2, 0.25) is 0 Å². The molecular weight excluding hydrogens is 533 g/mol. The summed E-state index contributed by atoms with van der Waals surface area (Å²) in [7, 11) is 1.54. The van der Waals surface area contributed by atoms with E-state index in [1.807, 2.05) is 0 Å². The number of aromatic nitrogens is 1. The lowest BCUT2D eigenvalue weighted by Crippen LogP contribution is -2.15. The maximum absolute atomic E-state index is 13.5. The van der Waals surface area contributed by atoms with E-state index in [9.17, 15) is 18.8 Å². The molecule has 0 bridgehead atoms. The SMILES string of the molecule is COc1ccc2c(c1)c(CC(=O)Oc1ccc(C(=O)c3ccc(F)cc3)cc1)c(C)n2C(=O)c1ccc(Cl)cc1. The van der Waals surface area contributed by atoms with Gasteiger partial charge in [0.1, 0.15) is 17.3 Å².